The van der Waals surface area contributed by atoms with Crippen LogP contribution in [-0.4, -0.2) is 60.5 Å². The van der Waals surface area contributed by atoms with Crippen molar-refractivity contribution in [1.82, 2.24) is 9.80 Å². The van der Waals surface area contributed by atoms with E-state index in [-0.39, 0.29) is 17.9 Å². The Bertz CT molecular complexity index is 324. The first kappa shape index (κ1) is 12.1. The van der Waals surface area contributed by atoms with Gasteiger partial charge in [0, 0.05) is 19.6 Å². The molecule has 0 aromatic heterocycles. The van der Waals surface area contributed by atoms with E-state index in [4.69, 9.17) is 4.74 Å². The maximum Gasteiger partial charge on any atom is 0.246 e. The Morgan fingerprint density at radius 1 is 1.24 bits per heavy atom. The van der Waals surface area contributed by atoms with E-state index in [1.54, 1.807) is 9.80 Å². The molecule has 0 radical (unpaired) electrons. The summed E-state index contributed by atoms with van der Waals surface area (Å²) >= 11 is 0. The van der Waals surface area contributed by atoms with Gasteiger partial charge in [0.05, 0.1) is 13.2 Å². The van der Waals surface area contributed by atoms with Crippen molar-refractivity contribution in [2.45, 2.75) is 18.9 Å². The lowest BCUT2D eigenvalue weighted by molar-refractivity contribution is -0.144. The summed E-state index contributed by atoms with van der Waals surface area (Å²) in [5, 5.41) is 0. The van der Waals surface area contributed by atoms with E-state index in [0.29, 0.717) is 32.8 Å². The molecular formula is C12H18N2O3. The van der Waals surface area contributed by atoms with Crippen molar-refractivity contribution in [3.63, 3.8) is 0 Å². The van der Waals surface area contributed by atoms with Crippen LogP contribution in [0.2, 0.25) is 0 Å². The molecule has 0 aliphatic carbocycles. The van der Waals surface area contributed by atoms with Crippen molar-refractivity contribution in [3.05, 3.63) is 12.7 Å². The molecule has 0 aromatic carbocycles. The van der Waals surface area contributed by atoms with E-state index in [2.05, 4.69) is 6.58 Å². The molecule has 2 amide bonds. The summed E-state index contributed by atoms with van der Waals surface area (Å²) in [6, 6.07) is -0.293. The lowest BCUT2D eigenvalue weighted by atomic mass is 10.2. The molecule has 1 unspecified atom stereocenters. The number of carbonyl (C=O) groups is 2. The molecule has 94 valence electrons. The van der Waals surface area contributed by atoms with Crippen LogP contribution in [0, 0.1) is 0 Å². The van der Waals surface area contributed by atoms with Crippen molar-refractivity contribution >= 4 is 11.8 Å². The highest BCUT2D eigenvalue weighted by Gasteiger charge is 2.35. The number of amides is 2. The molecule has 17 heavy (non-hydrogen) atoms. The van der Waals surface area contributed by atoms with Gasteiger partial charge in [-0.2, -0.15) is 0 Å². The number of nitrogens with zero attached hydrogens (tertiary/aromatic N) is 2. The molecule has 1 atom stereocenters. The second-order valence-corrected chi connectivity index (χ2v) is 4.33. The minimum Gasteiger partial charge on any atom is -0.378 e. The van der Waals surface area contributed by atoms with E-state index >= 15 is 0 Å². The molecule has 0 saturated carbocycles. The Labute approximate surface area is 101 Å². The van der Waals surface area contributed by atoms with Gasteiger partial charge in [-0.3, -0.25) is 9.59 Å². The van der Waals surface area contributed by atoms with Crippen molar-refractivity contribution in [1.29, 1.82) is 0 Å². The van der Waals surface area contributed by atoms with Crippen molar-refractivity contribution in [2.24, 2.45) is 0 Å². The molecule has 2 saturated heterocycles. The van der Waals surface area contributed by atoms with Crippen LogP contribution in [0.25, 0.3) is 0 Å². The highest BCUT2D eigenvalue weighted by atomic mass is 16.5. The van der Waals surface area contributed by atoms with Crippen molar-refractivity contribution in [2.75, 3.05) is 32.8 Å². The smallest absolute Gasteiger partial charge is 0.246 e. The lowest BCUT2D eigenvalue weighted by Crippen LogP contribution is -2.50. The zero-order chi connectivity index (χ0) is 12.3. The molecule has 5 heteroatoms. The molecular weight excluding hydrogens is 220 g/mol. The number of ether oxygens (including phenoxy) is 1. The van der Waals surface area contributed by atoms with Crippen LogP contribution >= 0.6 is 0 Å². The van der Waals surface area contributed by atoms with Crippen molar-refractivity contribution < 1.29 is 14.3 Å². The van der Waals surface area contributed by atoms with E-state index in [9.17, 15) is 9.59 Å². The summed E-state index contributed by atoms with van der Waals surface area (Å²) < 4.78 is 5.22. The molecule has 0 aromatic rings. The van der Waals surface area contributed by atoms with Crippen molar-refractivity contribution in [3.8, 4) is 0 Å². The highest BCUT2D eigenvalue weighted by Crippen LogP contribution is 2.20. The van der Waals surface area contributed by atoms with E-state index in [0.717, 1.165) is 12.8 Å². The Morgan fingerprint density at radius 3 is 2.59 bits per heavy atom. The van der Waals surface area contributed by atoms with Crippen LogP contribution in [0.4, 0.5) is 0 Å². The molecule has 2 heterocycles. The SMILES string of the molecule is C=CC(=O)N1CCCC1C(=O)N1CCOCC1. The van der Waals surface area contributed by atoms with Gasteiger partial charge in [0.25, 0.3) is 0 Å². The summed E-state index contributed by atoms with van der Waals surface area (Å²) in [7, 11) is 0. The third-order valence-corrected chi connectivity index (χ3v) is 3.32. The van der Waals surface area contributed by atoms with Gasteiger partial charge >= 0.3 is 0 Å². The number of carbonyl (C=O) groups excluding carboxylic acids is 2. The second kappa shape index (κ2) is 5.31. The minimum atomic E-state index is -0.293. The van der Waals surface area contributed by atoms with Crippen LogP contribution in [0.15, 0.2) is 12.7 Å². The summed E-state index contributed by atoms with van der Waals surface area (Å²) in [6.45, 7) is 6.58. The van der Waals surface area contributed by atoms with Crippen LogP contribution < -0.4 is 0 Å². The van der Waals surface area contributed by atoms with E-state index in [1.807, 2.05) is 0 Å². The first-order chi connectivity index (χ1) is 8.24. The Balaban J connectivity index is 2.02. The average molecular weight is 238 g/mol. The zero-order valence-electron chi connectivity index (χ0n) is 9.93. The number of likely N-dealkylation sites (tertiary alicyclic amines) is 1. The fraction of sp³-hybridized carbons (Fsp3) is 0.667. The van der Waals surface area contributed by atoms with Gasteiger partial charge in [-0.05, 0) is 18.9 Å². The van der Waals surface area contributed by atoms with Crippen LogP contribution in [0.5, 0.6) is 0 Å². The Morgan fingerprint density at radius 2 is 1.94 bits per heavy atom. The first-order valence-corrected chi connectivity index (χ1v) is 6.03. The Kier molecular flexibility index (Phi) is 3.78. The Hall–Kier alpha value is -1.36. The van der Waals surface area contributed by atoms with Gasteiger partial charge in [0.2, 0.25) is 11.8 Å². The lowest BCUT2D eigenvalue weighted by Gasteiger charge is -2.32. The number of hydrogen-bond acceptors (Lipinski definition) is 3. The minimum absolute atomic E-state index is 0.0565. The molecule has 2 rings (SSSR count). The van der Waals surface area contributed by atoms with Gasteiger partial charge in [-0.15, -0.1) is 0 Å². The summed E-state index contributed by atoms with van der Waals surface area (Å²) in [4.78, 5) is 27.3. The fourth-order valence-electron chi connectivity index (χ4n) is 2.40. The summed E-state index contributed by atoms with van der Waals surface area (Å²) in [5.41, 5.74) is 0. The quantitative estimate of drug-likeness (QED) is 0.637. The molecule has 0 spiro atoms. The van der Waals surface area contributed by atoms with Crippen LogP contribution in [0.3, 0.4) is 0 Å². The maximum atomic E-state index is 12.3. The average Bonchev–Trinajstić information content (AvgIpc) is 2.87. The monoisotopic (exact) mass is 238 g/mol. The fourth-order valence-corrected chi connectivity index (χ4v) is 2.40. The van der Waals surface area contributed by atoms with Gasteiger partial charge in [0.1, 0.15) is 6.04 Å². The van der Waals surface area contributed by atoms with E-state index in [1.165, 1.54) is 6.08 Å². The molecule has 2 fully saturated rings. The van der Waals surface area contributed by atoms with Gasteiger partial charge in [-0.25, -0.2) is 0 Å². The third-order valence-electron chi connectivity index (χ3n) is 3.32. The predicted octanol–water partition coefficient (Wildman–Crippen LogP) is 0.0222. The molecule has 5 nitrogen and oxygen atoms in total. The third kappa shape index (κ3) is 2.49. The molecule has 2 aliphatic heterocycles. The number of hydrogen-bond donors (Lipinski definition) is 0. The van der Waals surface area contributed by atoms with E-state index < -0.39 is 0 Å². The first-order valence-electron chi connectivity index (χ1n) is 6.03. The zero-order valence-corrected chi connectivity index (χ0v) is 9.93. The maximum absolute atomic E-state index is 12.3. The van der Waals surface area contributed by atoms with Gasteiger partial charge in [0.15, 0.2) is 0 Å². The second-order valence-electron chi connectivity index (χ2n) is 4.33. The normalized spacial score (nSPS) is 24.8. The van der Waals surface area contributed by atoms with Crippen LogP contribution in [-0.2, 0) is 14.3 Å². The molecule has 2 aliphatic rings. The topological polar surface area (TPSA) is 49.9 Å². The summed E-state index contributed by atoms with van der Waals surface area (Å²) in [5.74, 6) is -0.0879. The largest absolute Gasteiger partial charge is 0.378 e. The van der Waals surface area contributed by atoms with Crippen LogP contribution in [0.1, 0.15) is 12.8 Å². The molecule has 0 bridgehead atoms. The predicted molar refractivity (Wildman–Crippen MR) is 62.3 cm³/mol. The summed E-state index contributed by atoms with van der Waals surface area (Å²) in [6.07, 6.45) is 2.93. The van der Waals surface area contributed by atoms with Gasteiger partial charge < -0.3 is 14.5 Å². The standard InChI is InChI=1S/C12H18N2O3/c1-2-11(15)14-5-3-4-10(14)12(16)13-6-8-17-9-7-13/h2,10H,1,3-9H2. The number of morpholine rings is 1. The number of rotatable bonds is 2. The highest BCUT2D eigenvalue weighted by molar-refractivity contribution is 5.93. The van der Waals surface area contributed by atoms with Gasteiger partial charge in [-0.1, -0.05) is 6.58 Å². The molecule has 0 N–H and O–H groups in total.